The molecule has 0 bridgehead atoms. The molecule has 0 aromatic rings. The van der Waals surface area contributed by atoms with Crippen molar-refractivity contribution in [2.24, 2.45) is 0 Å². The van der Waals surface area contributed by atoms with Gasteiger partial charge in [0, 0.05) is 11.2 Å². The summed E-state index contributed by atoms with van der Waals surface area (Å²) in [4.78, 5) is 10.2. The molecule has 4 heteroatoms. The zero-order valence-corrected chi connectivity index (χ0v) is 11.5. The summed E-state index contributed by atoms with van der Waals surface area (Å²) in [6, 6.07) is 0. The van der Waals surface area contributed by atoms with E-state index in [0.29, 0.717) is 6.42 Å². The number of hydrogen-bond acceptors (Lipinski definition) is 1. The average Bonchev–Trinajstić information content (AvgIpc) is 2.21. The van der Waals surface area contributed by atoms with Crippen LogP contribution >= 0.6 is 15.9 Å². The van der Waals surface area contributed by atoms with Crippen molar-refractivity contribution in [3.63, 3.8) is 0 Å². The summed E-state index contributed by atoms with van der Waals surface area (Å²) >= 11 is 3.23. The van der Waals surface area contributed by atoms with Crippen molar-refractivity contribution >= 4 is 21.9 Å². The highest BCUT2D eigenvalue weighted by molar-refractivity contribution is 9.09. The van der Waals surface area contributed by atoms with E-state index in [1.54, 1.807) is 0 Å². The maximum Gasteiger partial charge on any atom is 0.303 e. The van der Waals surface area contributed by atoms with Gasteiger partial charge in [-0.3, -0.25) is 4.79 Å². The molecule has 0 aliphatic carbocycles. The standard InChI is InChI=1S/C12H22BrFO2/c1-10(13)11(14)8-6-4-2-3-5-7-9-12(15)16/h10-11H,2-9H2,1H3,(H,15,16). The molecule has 16 heavy (non-hydrogen) atoms. The molecule has 0 saturated carbocycles. The molecule has 0 radical (unpaired) electrons. The first-order valence-electron chi connectivity index (χ1n) is 6.04. The summed E-state index contributed by atoms with van der Waals surface area (Å²) in [5, 5.41) is 8.42. The lowest BCUT2D eigenvalue weighted by atomic mass is 10.1. The smallest absolute Gasteiger partial charge is 0.303 e. The van der Waals surface area contributed by atoms with E-state index in [9.17, 15) is 9.18 Å². The van der Waals surface area contributed by atoms with Crippen molar-refractivity contribution in [3.8, 4) is 0 Å². The van der Waals surface area contributed by atoms with Gasteiger partial charge in [-0.25, -0.2) is 4.39 Å². The fraction of sp³-hybridized carbons (Fsp3) is 0.917. The van der Waals surface area contributed by atoms with Gasteiger partial charge in [0.1, 0.15) is 6.17 Å². The van der Waals surface area contributed by atoms with Crippen LogP contribution in [0.2, 0.25) is 0 Å². The second kappa shape index (κ2) is 10.1. The van der Waals surface area contributed by atoms with Crippen molar-refractivity contribution in [2.75, 3.05) is 0 Å². The predicted molar refractivity (Wildman–Crippen MR) is 67.9 cm³/mol. The van der Waals surface area contributed by atoms with Crippen LogP contribution in [-0.2, 0) is 4.79 Å². The van der Waals surface area contributed by atoms with Gasteiger partial charge in [-0.05, 0) is 19.8 Å². The van der Waals surface area contributed by atoms with E-state index in [1.807, 2.05) is 6.92 Å². The van der Waals surface area contributed by atoms with E-state index in [2.05, 4.69) is 15.9 Å². The van der Waals surface area contributed by atoms with Gasteiger partial charge >= 0.3 is 5.97 Å². The Morgan fingerprint density at radius 1 is 1.19 bits per heavy atom. The third-order valence-electron chi connectivity index (χ3n) is 2.62. The maximum absolute atomic E-state index is 13.1. The second-order valence-electron chi connectivity index (χ2n) is 4.25. The van der Waals surface area contributed by atoms with E-state index >= 15 is 0 Å². The number of carboxylic acids is 1. The highest BCUT2D eigenvalue weighted by Gasteiger charge is 2.11. The van der Waals surface area contributed by atoms with E-state index in [1.165, 1.54) is 0 Å². The Morgan fingerprint density at radius 3 is 2.19 bits per heavy atom. The first-order chi connectivity index (χ1) is 7.54. The normalized spacial score (nSPS) is 14.7. The Hall–Kier alpha value is -0.120. The third kappa shape index (κ3) is 10.4. The molecular formula is C12H22BrFO2. The lowest BCUT2D eigenvalue weighted by Gasteiger charge is -2.09. The van der Waals surface area contributed by atoms with Crippen molar-refractivity contribution in [3.05, 3.63) is 0 Å². The molecule has 0 spiro atoms. The number of alkyl halides is 2. The lowest BCUT2D eigenvalue weighted by molar-refractivity contribution is -0.137. The molecule has 0 saturated heterocycles. The Labute approximate surface area is 106 Å². The van der Waals surface area contributed by atoms with Crippen LogP contribution in [-0.4, -0.2) is 22.1 Å². The Kier molecular flexibility index (Phi) is 9.99. The lowest BCUT2D eigenvalue weighted by Crippen LogP contribution is -2.10. The minimum Gasteiger partial charge on any atom is -0.481 e. The maximum atomic E-state index is 13.1. The summed E-state index contributed by atoms with van der Waals surface area (Å²) in [5.41, 5.74) is 0. The molecule has 0 fully saturated rings. The molecule has 1 N–H and O–H groups in total. The minimum atomic E-state index is -0.744. The Bertz CT molecular complexity index is 186. The van der Waals surface area contributed by atoms with Gasteiger partial charge in [-0.2, -0.15) is 0 Å². The van der Waals surface area contributed by atoms with Crippen LogP contribution in [0, 0.1) is 0 Å². The van der Waals surface area contributed by atoms with Crippen molar-refractivity contribution in [2.45, 2.75) is 69.3 Å². The number of aliphatic carboxylic acids is 1. The summed E-state index contributed by atoms with van der Waals surface area (Å²) in [5.74, 6) is -0.716. The summed E-state index contributed by atoms with van der Waals surface area (Å²) in [6.07, 6.45) is 6.02. The molecule has 0 aliphatic heterocycles. The van der Waals surface area contributed by atoms with Gasteiger partial charge in [0.05, 0.1) is 0 Å². The fourth-order valence-corrected chi connectivity index (χ4v) is 1.82. The molecule has 96 valence electrons. The molecule has 0 heterocycles. The van der Waals surface area contributed by atoms with Crippen molar-refractivity contribution < 1.29 is 14.3 Å². The molecule has 0 rings (SSSR count). The fourth-order valence-electron chi connectivity index (χ4n) is 1.55. The highest BCUT2D eigenvalue weighted by Crippen LogP contribution is 2.16. The largest absolute Gasteiger partial charge is 0.481 e. The van der Waals surface area contributed by atoms with E-state index < -0.39 is 12.1 Å². The molecule has 2 atom stereocenters. The van der Waals surface area contributed by atoms with Crippen LogP contribution < -0.4 is 0 Å². The summed E-state index contributed by atoms with van der Waals surface area (Å²) < 4.78 is 13.1. The summed E-state index contributed by atoms with van der Waals surface area (Å²) in [6.45, 7) is 1.83. The minimum absolute atomic E-state index is 0.0527. The molecule has 0 aromatic carbocycles. The van der Waals surface area contributed by atoms with Crippen LogP contribution in [0.15, 0.2) is 0 Å². The van der Waals surface area contributed by atoms with Gasteiger partial charge in [-0.1, -0.05) is 48.0 Å². The zero-order valence-electron chi connectivity index (χ0n) is 9.92. The highest BCUT2D eigenvalue weighted by atomic mass is 79.9. The van der Waals surface area contributed by atoms with Gasteiger partial charge in [0.15, 0.2) is 0 Å². The van der Waals surface area contributed by atoms with Gasteiger partial charge in [0.2, 0.25) is 0 Å². The molecule has 0 aliphatic rings. The molecule has 2 nitrogen and oxygen atoms in total. The predicted octanol–water partition coefficient (Wildman–Crippen LogP) is 4.31. The monoisotopic (exact) mass is 296 g/mol. The number of unbranched alkanes of at least 4 members (excludes halogenated alkanes) is 5. The van der Waals surface area contributed by atoms with E-state index in [4.69, 9.17) is 5.11 Å². The van der Waals surface area contributed by atoms with Gasteiger partial charge in [0.25, 0.3) is 0 Å². The topological polar surface area (TPSA) is 37.3 Å². The quantitative estimate of drug-likeness (QED) is 0.482. The molecular weight excluding hydrogens is 275 g/mol. The van der Waals surface area contributed by atoms with E-state index in [-0.39, 0.29) is 11.2 Å². The number of hydrogen-bond donors (Lipinski definition) is 1. The number of halogens is 2. The molecule has 0 aromatic heterocycles. The van der Waals surface area contributed by atoms with Crippen LogP contribution in [0.5, 0.6) is 0 Å². The van der Waals surface area contributed by atoms with E-state index in [0.717, 1.165) is 38.5 Å². The second-order valence-corrected chi connectivity index (χ2v) is 5.69. The molecule has 2 unspecified atom stereocenters. The van der Waals surface area contributed by atoms with Gasteiger partial charge in [-0.15, -0.1) is 0 Å². The van der Waals surface area contributed by atoms with Crippen LogP contribution in [0.1, 0.15) is 58.3 Å². The first kappa shape index (κ1) is 15.9. The SMILES string of the molecule is CC(Br)C(F)CCCCCCCCC(=O)O. The first-order valence-corrected chi connectivity index (χ1v) is 6.95. The third-order valence-corrected chi connectivity index (χ3v) is 3.19. The van der Waals surface area contributed by atoms with Crippen LogP contribution in [0.4, 0.5) is 4.39 Å². The number of carboxylic acid groups (broad SMARTS) is 1. The Balaban J connectivity index is 3.13. The average molecular weight is 297 g/mol. The molecule has 0 amide bonds. The zero-order chi connectivity index (χ0) is 12.4. The van der Waals surface area contributed by atoms with Crippen LogP contribution in [0.3, 0.4) is 0 Å². The van der Waals surface area contributed by atoms with Crippen molar-refractivity contribution in [1.29, 1.82) is 0 Å². The number of rotatable bonds is 10. The number of carbonyl (C=O) groups is 1. The van der Waals surface area contributed by atoms with Crippen LogP contribution in [0.25, 0.3) is 0 Å². The van der Waals surface area contributed by atoms with Crippen molar-refractivity contribution in [1.82, 2.24) is 0 Å². The van der Waals surface area contributed by atoms with Gasteiger partial charge < -0.3 is 5.11 Å². The Morgan fingerprint density at radius 2 is 1.69 bits per heavy atom. The summed E-state index contributed by atoms with van der Waals surface area (Å²) in [7, 11) is 0.